The number of carbonyl (C=O) groups is 2. The Kier molecular flexibility index (Phi) is 4.32. The fraction of sp³-hybridized carbons (Fsp3) is 0.412. The molecule has 1 saturated heterocycles. The second-order valence-electron chi connectivity index (χ2n) is 5.94. The van der Waals surface area contributed by atoms with E-state index in [-0.39, 0.29) is 18.3 Å². The molecule has 2 amide bonds. The molecule has 1 aromatic rings. The third kappa shape index (κ3) is 3.36. The molecule has 3 rings (SSSR count). The van der Waals surface area contributed by atoms with Crippen molar-refractivity contribution in [3.8, 4) is 0 Å². The van der Waals surface area contributed by atoms with E-state index in [1.807, 2.05) is 6.07 Å². The first kappa shape index (κ1) is 15.5. The monoisotopic (exact) mass is 318 g/mol. The first-order valence-corrected chi connectivity index (χ1v) is 7.78. The fourth-order valence-electron chi connectivity index (χ4n) is 3.10. The van der Waals surface area contributed by atoms with E-state index < -0.39 is 6.09 Å². The Bertz CT molecular complexity index is 672. The molecule has 0 aromatic heterocycles. The predicted molar refractivity (Wildman–Crippen MR) is 83.2 cm³/mol. The number of hydrogen-bond donors (Lipinski definition) is 1. The summed E-state index contributed by atoms with van der Waals surface area (Å²) in [5.41, 5.74) is 2.14. The summed E-state index contributed by atoms with van der Waals surface area (Å²) in [6, 6.07) is 5.05. The van der Waals surface area contributed by atoms with Gasteiger partial charge in [0.1, 0.15) is 5.82 Å². The summed E-state index contributed by atoms with van der Waals surface area (Å²) < 4.78 is 14.4. The lowest BCUT2D eigenvalue weighted by atomic mass is 9.97. The second kappa shape index (κ2) is 6.40. The number of likely N-dealkylation sites (tertiary alicyclic amines) is 1. The maximum absolute atomic E-state index is 14.4. The van der Waals surface area contributed by atoms with Crippen LogP contribution in [0.5, 0.6) is 0 Å². The molecule has 122 valence electrons. The van der Waals surface area contributed by atoms with E-state index in [0.29, 0.717) is 31.5 Å². The van der Waals surface area contributed by atoms with Crippen LogP contribution in [-0.4, -0.2) is 46.5 Å². The number of halogens is 1. The van der Waals surface area contributed by atoms with Crippen LogP contribution in [0.1, 0.15) is 30.4 Å². The van der Waals surface area contributed by atoms with Crippen LogP contribution < -0.4 is 0 Å². The lowest BCUT2D eigenvalue weighted by Gasteiger charge is -2.24. The maximum atomic E-state index is 14.4. The molecule has 5 nitrogen and oxygen atoms in total. The van der Waals surface area contributed by atoms with Crippen molar-refractivity contribution in [1.82, 2.24) is 9.80 Å². The van der Waals surface area contributed by atoms with Gasteiger partial charge in [-0.3, -0.25) is 4.79 Å². The number of amides is 2. The minimum absolute atomic E-state index is 0.123. The molecule has 2 aliphatic heterocycles. The van der Waals surface area contributed by atoms with E-state index in [1.165, 1.54) is 11.0 Å². The Labute approximate surface area is 134 Å². The topological polar surface area (TPSA) is 60.9 Å². The summed E-state index contributed by atoms with van der Waals surface area (Å²) in [5, 5.41) is 8.93. The average molecular weight is 318 g/mol. The van der Waals surface area contributed by atoms with Crippen LogP contribution in [0, 0.1) is 5.82 Å². The van der Waals surface area contributed by atoms with Gasteiger partial charge in [-0.2, -0.15) is 0 Å². The average Bonchev–Trinajstić information content (AvgIpc) is 2.93. The summed E-state index contributed by atoms with van der Waals surface area (Å²) in [7, 11) is 0. The van der Waals surface area contributed by atoms with E-state index in [0.717, 1.165) is 24.1 Å². The van der Waals surface area contributed by atoms with Crippen molar-refractivity contribution in [2.24, 2.45) is 0 Å². The van der Waals surface area contributed by atoms with E-state index in [4.69, 9.17) is 5.11 Å². The van der Waals surface area contributed by atoms with Crippen molar-refractivity contribution in [2.45, 2.75) is 25.8 Å². The quantitative estimate of drug-likeness (QED) is 0.932. The van der Waals surface area contributed by atoms with Gasteiger partial charge in [0.25, 0.3) is 0 Å². The van der Waals surface area contributed by atoms with Gasteiger partial charge in [0.15, 0.2) is 0 Å². The van der Waals surface area contributed by atoms with Gasteiger partial charge < -0.3 is 14.9 Å². The van der Waals surface area contributed by atoms with E-state index in [2.05, 4.69) is 0 Å². The van der Waals surface area contributed by atoms with Crippen molar-refractivity contribution in [2.75, 3.05) is 19.6 Å². The first-order valence-electron chi connectivity index (χ1n) is 7.78. The molecule has 0 atom stereocenters. The molecule has 0 radical (unpaired) electrons. The van der Waals surface area contributed by atoms with Gasteiger partial charge >= 0.3 is 6.09 Å². The fourth-order valence-corrected chi connectivity index (χ4v) is 3.10. The van der Waals surface area contributed by atoms with Crippen LogP contribution in [0.15, 0.2) is 24.3 Å². The van der Waals surface area contributed by atoms with Gasteiger partial charge in [-0.15, -0.1) is 0 Å². The maximum Gasteiger partial charge on any atom is 0.407 e. The Hall–Kier alpha value is -2.37. The van der Waals surface area contributed by atoms with Crippen LogP contribution in [0.3, 0.4) is 0 Å². The van der Waals surface area contributed by atoms with Crippen molar-refractivity contribution in [3.05, 3.63) is 41.2 Å². The number of rotatable bonds is 3. The third-order valence-corrected chi connectivity index (χ3v) is 4.40. The van der Waals surface area contributed by atoms with Crippen LogP contribution in [0.25, 0.3) is 5.57 Å². The van der Waals surface area contributed by atoms with Crippen LogP contribution in [0.2, 0.25) is 0 Å². The zero-order chi connectivity index (χ0) is 16.4. The minimum Gasteiger partial charge on any atom is -0.465 e. The van der Waals surface area contributed by atoms with Gasteiger partial charge in [-0.25, -0.2) is 9.18 Å². The highest BCUT2D eigenvalue weighted by Gasteiger charge is 2.21. The highest BCUT2D eigenvalue weighted by Crippen LogP contribution is 2.26. The van der Waals surface area contributed by atoms with Crippen LogP contribution in [0.4, 0.5) is 9.18 Å². The van der Waals surface area contributed by atoms with Gasteiger partial charge in [0.05, 0.1) is 0 Å². The van der Waals surface area contributed by atoms with Crippen molar-refractivity contribution in [3.63, 3.8) is 0 Å². The first-order chi connectivity index (χ1) is 11.0. The summed E-state index contributed by atoms with van der Waals surface area (Å²) >= 11 is 0. The third-order valence-electron chi connectivity index (χ3n) is 4.40. The molecule has 0 bridgehead atoms. The van der Waals surface area contributed by atoms with Crippen molar-refractivity contribution in [1.29, 1.82) is 0 Å². The molecular formula is C17H19FN2O3. The number of hydrogen-bond acceptors (Lipinski definition) is 2. The lowest BCUT2D eigenvalue weighted by Crippen LogP contribution is -2.33. The standard InChI is InChI=1S/C17H19FN2O3/c18-15-10-12(11-20-7-1-2-16(20)21)3-4-14(15)13-5-8-19(9-6-13)17(22)23/h3-5,10H,1-2,6-9,11H2,(H,22,23). The molecule has 23 heavy (non-hydrogen) atoms. The van der Waals surface area contributed by atoms with Gasteiger partial charge in [0.2, 0.25) is 5.91 Å². The second-order valence-corrected chi connectivity index (χ2v) is 5.94. The molecule has 0 unspecified atom stereocenters. The van der Waals surface area contributed by atoms with E-state index in [1.54, 1.807) is 17.0 Å². The Balaban J connectivity index is 1.72. The minimum atomic E-state index is -0.952. The molecule has 1 fully saturated rings. The molecule has 0 aliphatic carbocycles. The molecule has 2 heterocycles. The number of carboxylic acid groups (broad SMARTS) is 1. The molecule has 1 aromatic carbocycles. The number of carbonyl (C=O) groups excluding carboxylic acids is 1. The molecular weight excluding hydrogens is 299 g/mol. The molecule has 0 spiro atoms. The zero-order valence-corrected chi connectivity index (χ0v) is 12.8. The largest absolute Gasteiger partial charge is 0.465 e. The molecule has 6 heteroatoms. The molecule has 2 aliphatic rings. The number of benzene rings is 1. The Morgan fingerprint density at radius 2 is 2.09 bits per heavy atom. The number of nitrogens with zero attached hydrogens (tertiary/aromatic N) is 2. The van der Waals surface area contributed by atoms with Gasteiger partial charge in [-0.05, 0) is 30.0 Å². The van der Waals surface area contributed by atoms with Crippen LogP contribution in [-0.2, 0) is 11.3 Å². The normalized spacial score (nSPS) is 18.3. The predicted octanol–water partition coefficient (Wildman–Crippen LogP) is 2.72. The van der Waals surface area contributed by atoms with Crippen molar-refractivity contribution < 1.29 is 19.1 Å². The summed E-state index contributed by atoms with van der Waals surface area (Å²) in [5.74, 6) is -0.192. The smallest absolute Gasteiger partial charge is 0.407 e. The zero-order valence-electron chi connectivity index (χ0n) is 12.8. The van der Waals surface area contributed by atoms with E-state index >= 15 is 0 Å². The lowest BCUT2D eigenvalue weighted by molar-refractivity contribution is -0.128. The molecule has 0 saturated carbocycles. The summed E-state index contributed by atoms with van der Waals surface area (Å²) in [6.07, 6.45) is 2.76. The van der Waals surface area contributed by atoms with Gasteiger partial charge in [0, 0.05) is 38.2 Å². The Morgan fingerprint density at radius 1 is 1.26 bits per heavy atom. The highest BCUT2D eigenvalue weighted by molar-refractivity contribution is 5.78. The highest BCUT2D eigenvalue weighted by atomic mass is 19.1. The Morgan fingerprint density at radius 3 is 2.65 bits per heavy atom. The molecule has 1 N–H and O–H groups in total. The van der Waals surface area contributed by atoms with Crippen LogP contribution >= 0.6 is 0 Å². The summed E-state index contributed by atoms with van der Waals surface area (Å²) in [4.78, 5) is 25.6. The van der Waals surface area contributed by atoms with Gasteiger partial charge in [-0.1, -0.05) is 18.2 Å². The summed E-state index contributed by atoms with van der Waals surface area (Å²) in [6.45, 7) is 1.85. The van der Waals surface area contributed by atoms with E-state index in [9.17, 15) is 14.0 Å². The van der Waals surface area contributed by atoms with Crippen molar-refractivity contribution >= 4 is 17.6 Å². The SMILES string of the molecule is O=C(O)N1CC=C(c2ccc(CN3CCCC3=O)cc2F)CC1.